The Morgan fingerprint density at radius 1 is 1.38 bits per heavy atom. The van der Waals surface area contributed by atoms with Gasteiger partial charge in [0.05, 0.1) is 6.04 Å². The Hall–Kier alpha value is -0.460. The molecule has 1 aromatic rings. The average Bonchev–Trinajstić information content (AvgIpc) is 2.35. The first kappa shape index (κ1) is 22.8. The second-order valence-electron chi connectivity index (χ2n) is 4.82. The van der Waals surface area contributed by atoms with E-state index in [1.165, 1.54) is 5.56 Å². The summed E-state index contributed by atoms with van der Waals surface area (Å²) < 4.78 is 0. The van der Waals surface area contributed by atoms with E-state index < -0.39 is 6.04 Å². The van der Waals surface area contributed by atoms with Crippen molar-refractivity contribution in [3.8, 4) is 0 Å². The normalized spacial score (nSPS) is 11.3. The van der Waals surface area contributed by atoms with Gasteiger partial charge in [0.25, 0.3) is 0 Å². The van der Waals surface area contributed by atoms with E-state index in [1.54, 1.807) is 11.8 Å². The highest BCUT2D eigenvalue weighted by Crippen LogP contribution is 2.12. The number of anilines is 1. The average molecular weight is 354 g/mol. The molecule has 1 amide bonds. The zero-order valence-electron chi connectivity index (χ0n) is 12.7. The number of nitrogens with zero attached hydrogens (tertiary/aromatic N) is 1. The Kier molecular flexibility index (Phi) is 13.2. The standard InChI is InChI=1S/C14H23N3OS.2ClH/c1-17(2)10-11-5-4-6-12(9-11)16-14(18)13(15)7-8-19-3;;/h4-6,9,13H,7-8,10,15H2,1-3H3,(H,16,18);2*1H/t13-;;/m0../s1. The van der Waals surface area contributed by atoms with E-state index in [-0.39, 0.29) is 30.7 Å². The molecule has 0 aliphatic carbocycles. The summed E-state index contributed by atoms with van der Waals surface area (Å²) in [6.45, 7) is 0.849. The lowest BCUT2D eigenvalue weighted by Gasteiger charge is -2.14. The van der Waals surface area contributed by atoms with Gasteiger partial charge >= 0.3 is 0 Å². The molecular weight excluding hydrogens is 329 g/mol. The van der Waals surface area contributed by atoms with E-state index in [0.29, 0.717) is 6.42 Å². The number of thioether (sulfide) groups is 1. The van der Waals surface area contributed by atoms with Crippen LogP contribution in [0.2, 0.25) is 0 Å². The molecule has 4 nitrogen and oxygen atoms in total. The van der Waals surface area contributed by atoms with Crippen LogP contribution < -0.4 is 11.1 Å². The largest absolute Gasteiger partial charge is 0.325 e. The number of nitrogens with two attached hydrogens (primary N) is 1. The number of halogens is 2. The molecule has 0 saturated carbocycles. The van der Waals surface area contributed by atoms with Gasteiger partial charge in [0.2, 0.25) is 5.91 Å². The minimum Gasteiger partial charge on any atom is -0.325 e. The summed E-state index contributed by atoms with van der Waals surface area (Å²) in [5.41, 5.74) is 7.81. The predicted molar refractivity (Wildman–Crippen MR) is 97.9 cm³/mol. The Bertz CT molecular complexity index is 419. The Morgan fingerprint density at radius 2 is 2.05 bits per heavy atom. The van der Waals surface area contributed by atoms with Crippen LogP contribution in [0, 0.1) is 0 Å². The molecule has 1 rings (SSSR count). The first-order valence-electron chi connectivity index (χ1n) is 6.32. The van der Waals surface area contributed by atoms with E-state index in [0.717, 1.165) is 18.0 Å². The summed E-state index contributed by atoms with van der Waals surface area (Å²) in [4.78, 5) is 14.0. The fourth-order valence-electron chi connectivity index (χ4n) is 1.72. The van der Waals surface area contributed by atoms with Crippen molar-refractivity contribution in [1.82, 2.24) is 4.90 Å². The van der Waals surface area contributed by atoms with E-state index in [4.69, 9.17) is 5.73 Å². The van der Waals surface area contributed by atoms with Crippen LogP contribution in [0.4, 0.5) is 5.69 Å². The highest BCUT2D eigenvalue weighted by molar-refractivity contribution is 7.98. The van der Waals surface area contributed by atoms with Gasteiger partial charge in [-0.3, -0.25) is 4.79 Å². The summed E-state index contributed by atoms with van der Waals surface area (Å²) in [5, 5.41) is 2.87. The summed E-state index contributed by atoms with van der Waals surface area (Å²) in [6, 6.07) is 7.42. The number of rotatable bonds is 7. The third kappa shape index (κ3) is 9.22. The first-order chi connectivity index (χ1) is 9.02. The Morgan fingerprint density at radius 3 is 2.62 bits per heavy atom. The fourth-order valence-corrected chi connectivity index (χ4v) is 2.21. The molecule has 122 valence electrons. The van der Waals surface area contributed by atoms with Gasteiger partial charge in [-0.1, -0.05) is 12.1 Å². The smallest absolute Gasteiger partial charge is 0.241 e. The van der Waals surface area contributed by atoms with Gasteiger partial charge in [-0.05, 0) is 50.2 Å². The van der Waals surface area contributed by atoms with Crippen molar-refractivity contribution in [3.63, 3.8) is 0 Å². The van der Waals surface area contributed by atoms with Crippen LogP contribution >= 0.6 is 36.6 Å². The maximum Gasteiger partial charge on any atom is 0.241 e. The number of carbonyl (C=O) groups excluding carboxylic acids is 1. The number of carbonyl (C=O) groups is 1. The van der Waals surface area contributed by atoms with Crippen molar-refractivity contribution in [1.29, 1.82) is 0 Å². The van der Waals surface area contributed by atoms with Gasteiger partial charge in [0.15, 0.2) is 0 Å². The molecule has 3 N–H and O–H groups in total. The van der Waals surface area contributed by atoms with Gasteiger partial charge in [-0.25, -0.2) is 0 Å². The van der Waals surface area contributed by atoms with Crippen LogP contribution in [-0.2, 0) is 11.3 Å². The zero-order valence-corrected chi connectivity index (χ0v) is 15.1. The zero-order chi connectivity index (χ0) is 14.3. The number of hydrogen-bond acceptors (Lipinski definition) is 4. The summed E-state index contributed by atoms with van der Waals surface area (Å²) in [5.74, 6) is 0.783. The third-order valence-electron chi connectivity index (χ3n) is 2.66. The van der Waals surface area contributed by atoms with Crippen molar-refractivity contribution in [3.05, 3.63) is 29.8 Å². The summed E-state index contributed by atoms with van der Waals surface area (Å²) in [6.07, 6.45) is 2.71. The van der Waals surface area contributed by atoms with Crippen LogP contribution in [0.15, 0.2) is 24.3 Å². The maximum absolute atomic E-state index is 11.9. The lowest BCUT2D eigenvalue weighted by Crippen LogP contribution is -2.36. The molecule has 0 aliphatic rings. The molecule has 21 heavy (non-hydrogen) atoms. The van der Waals surface area contributed by atoms with Crippen molar-refractivity contribution >= 4 is 48.2 Å². The van der Waals surface area contributed by atoms with Crippen LogP contribution in [0.3, 0.4) is 0 Å². The van der Waals surface area contributed by atoms with Gasteiger partial charge in [0, 0.05) is 12.2 Å². The minimum absolute atomic E-state index is 0. The van der Waals surface area contributed by atoms with Crippen LogP contribution in [-0.4, -0.2) is 43.0 Å². The van der Waals surface area contributed by atoms with Crippen LogP contribution in [0.25, 0.3) is 0 Å². The molecule has 0 aliphatic heterocycles. The van der Waals surface area contributed by atoms with E-state index in [1.807, 2.05) is 44.6 Å². The van der Waals surface area contributed by atoms with Crippen molar-refractivity contribution in [2.75, 3.05) is 31.4 Å². The van der Waals surface area contributed by atoms with Crippen molar-refractivity contribution < 1.29 is 4.79 Å². The number of nitrogens with one attached hydrogen (secondary N) is 1. The van der Waals surface area contributed by atoms with E-state index >= 15 is 0 Å². The molecule has 0 fully saturated rings. The highest BCUT2D eigenvalue weighted by atomic mass is 35.5. The molecule has 0 bridgehead atoms. The molecule has 0 radical (unpaired) electrons. The molecule has 0 spiro atoms. The van der Waals surface area contributed by atoms with E-state index in [2.05, 4.69) is 10.2 Å². The van der Waals surface area contributed by atoms with Gasteiger partial charge in [0.1, 0.15) is 0 Å². The Labute approximate surface area is 144 Å². The highest BCUT2D eigenvalue weighted by Gasteiger charge is 2.13. The second-order valence-corrected chi connectivity index (χ2v) is 5.80. The third-order valence-corrected chi connectivity index (χ3v) is 3.31. The van der Waals surface area contributed by atoms with E-state index in [9.17, 15) is 4.79 Å². The molecule has 0 saturated heterocycles. The quantitative estimate of drug-likeness (QED) is 0.790. The number of hydrogen-bond donors (Lipinski definition) is 2. The molecule has 1 atom stereocenters. The molecule has 7 heteroatoms. The fraction of sp³-hybridized carbons (Fsp3) is 0.500. The molecule has 0 unspecified atom stereocenters. The van der Waals surface area contributed by atoms with Crippen LogP contribution in [0.5, 0.6) is 0 Å². The molecule has 1 aromatic carbocycles. The molecule has 0 heterocycles. The summed E-state index contributed by atoms with van der Waals surface area (Å²) >= 11 is 1.70. The lowest BCUT2D eigenvalue weighted by atomic mass is 10.1. The SMILES string of the molecule is CSCC[C@H](N)C(=O)Nc1cccc(CN(C)C)c1.Cl.Cl. The van der Waals surface area contributed by atoms with Gasteiger partial charge < -0.3 is 16.0 Å². The molecule has 0 aromatic heterocycles. The Balaban J connectivity index is 0. The molecular formula is C14H25Cl2N3OS. The first-order valence-corrected chi connectivity index (χ1v) is 7.71. The second kappa shape index (κ2) is 12.1. The summed E-state index contributed by atoms with van der Waals surface area (Å²) in [7, 11) is 4.03. The van der Waals surface area contributed by atoms with Crippen LogP contribution in [0.1, 0.15) is 12.0 Å². The monoisotopic (exact) mass is 353 g/mol. The van der Waals surface area contributed by atoms with Gasteiger partial charge in [-0.15, -0.1) is 24.8 Å². The van der Waals surface area contributed by atoms with Crippen molar-refractivity contribution in [2.45, 2.75) is 19.0 Å². The topological polar surface area (TPSA) is 58.4 Å². The predicted octanol–water partition coefficient (Wildman–Crippen LogP) is 2.61. The number of benzene rings is 1. The van der Waals surface area contributed by atoms with Gasteiger partial charge in [-0.2, -0.15) is 11.8 Å². The van der Waals surface area contributed by atoms with Crippen molar-refractivity contribution in [2.24, 2.45) is 5.73 Å². The number of amides is 1. The lowest BCUT2D eigenvalue weighted by molar-refractivity contribution is -0.117. The maximum atomic E-state index is 11.9. The minimum atomic E-state index is -0.440.